The SMILES string of the molecule is O=C(O)c1ccc(F)c(CNCc2cc(F)ccc2F)c1. The van der Waals surface area contributed by atoms with Crippen LogP contribution in [0.4, 0.5) is 13.2 Å². The summed E-state index contributed by atoms with van der Waals surface area (Å²) >= 11 is 0. The Bertz CT molecular complexity index is 674. The van der Waals surface area contributed by atoms with Crippen LogP contribution in [-0.2, 0) is 13.1 Å². The lowest BCUT2D eigenvalue weighted by molar-refractivity contribution is 0.0696. The number of aromatic carboxylic acids is 1. The van der Waals surface area contributed by atoms with Crippen LogP contribution in [0.3, 0.4) is 0 Å². The van der Waals surface area contributed by atoms with Crippen LogP contribution in [0.2, 0.25) is 0 Å². The van der Waals surface area contributed by atoms with Gasteiger partial charge in [-0.1, -0.05) is 0 Å². The molecule has 0 heterocycles. The first-order valence-electron chi connectivity index (χ1n) is 6.13. The Balaban J connectivity index is 2.05. The molecule has 3 nitrogen and oxygen atoms in total. The number of hydrogen-bond acceptors (Lipinski definition) is 2. The zero-order chi connectivity index (χ0) is 15.4. The number of carboxylic acids is 1. The summed E-state index contributed by atoms with van der Waals surface area (Å²) < 4.78 is 39.9. The Kier molecular flexibility index (Phi) is 4.59. The second-order valence-corrected chi connectivity index (χ2v) is 4.45. The average Bonchev–Trinajstić information content (AvgIpc) is 2.44. The summed E-state index contributed by atoms with van der Waals surface area (Å²) in [6.45, 7) is 0.00321. The molecule has 21 heavy (non-hydrogen) atoms. The minimum Gasteiger partial charge on any atom is -0.478 e. The van der Waals surface area contributed by atoms with Gasteiger partial charge in [0, 0.05) is 24.2 Å². The molecule has 0 spiro atoms. The maximum Gasteiger partial charge on any atom is 0.335 e. The van der Waals surface area contributed by atoms with Crippen molar-refractivity contribution in [3.8, 4) is 0 Å². The van der Waals surface area contributed by atoms with Crippen molar-refractivity contribution in [2.45, 2.75) is 13.1 Å². The van der Waals surface area contributed by atoms with Crippen LogP contribution in [0.25, 0.3) is 0 Å². The summed E-state index contributed by atoms with van der Waals surface area (Å²) in [5.41, 5.74) is 0.224. The number of hydrogen-bond donors (Lipinski definition) is 2. The van der Waals surface area contributed by atoms with Gasteiger partial charge in [-0.2, -0.15) is 0 Å². The molecular weight excluding hydrogens is 283 g/mol. The van der Waals surface area contributed by atoms with Crippen LogP contribution in [0.1, 0.15) is 21.5 Å². The first-order valence-corrected chi connectivity index (χ1v) is 6.13. The second kappa shape index (κ2) is 6.41. The van der Waals surface area contributed by atoms with Crippen LogP contribution in [0.5, 0.6) is 0 Å². The Morgan fingerprint density at radius 1 is 0.952 bits per heavy atom. The van der Waals surface area contributed by atoms with Crippen LogP contribution in [0, 0.1) is 17.5 Å². The molecule has 2 aromatic carbocycles. The smallest absolute Gasteiger partial charge is 0.335 e. The van der Waals surface area contributed by atoms with E-state index in [0.717, 1.165) is 30.3 Å². The van der Waals surface area contributed by atoms with Gasteiger partial charge in [0.2, 0.25) is 0 Å². The van der Waals surface area contributed by atoms with Gasteiger partial charge in [-0.25, -0.2) is 18.0 Å². The molecule has 0 aromatic heterocycles. The molecule has 2 aromatic rings. The summed E-state index contributed by atoms with van der Waals surface area (Å²) in [5.74, 6) is -2.85. The van der Waals surface area contributed by atoms with Gasteiger partial charge in [-0.05, 0) is 36.4 Å². The second-order valence-electron chi connectivity index (χ2n) is 4.45. The minimum atomic E-state index is -1.16. The van der Waals surface area contributed by atoms with E-state index < -0.39 is 23.4 Å². The largest absolute Gasteiger partial charge is 0.478 e. The van der Waals surface area contributed by atoms with E-state index in [-0.39, 0.29) is 29.8 Å². The van der Waals surface area contributed by atoms with Crippen LogP contribution >= 0.6 is 0 Å². The van der Waals surface area contributed by atoms with E-state index in [4.69, 9.17) is 5.11 Å². The van der Waals surface area contributed by atoms with Crippen molar-refractivity contribution >= 4 is 5.97 Å². The third-order valence-electron chi connectivity index (χ3n) is 2.93. The van der Waals surface area contributed by atoms with Crippen molar-refractivity contribution in [1.82, 2.24) is 5.32 Å². The molecule has 0 atom stereocenters. The fourth-order valence-corrected chi connectivity index (χ4v) is 1.85. The first-order chi connectivity index (χ1) is 9.97. The van der Waals surface area contributed by atoms with Crippen LogP contribution in [0.15, 0.2) is 36.4 Å². The highest BCUT2D eigenvalue weighted by molar-refractivity contribution is 5.87. The number of rotatable bonds is 5. The van der Waals surface area contributed by atoms with Gasteiger partial charge in [0.05, 0.1) is 5.56 Å². The van der Waals surface area contributed by atoms with Crippen molar-refractivity contribution in [1.29, 1.82) is 0 Å². The molecule has 0 unspecified atom stereocenters. The van der Waals surface area contributed by atoms with E-state index in [9.17, 15) is 18.0 Å². The summed E-state index contributed by atoms with van der Waals surface area (Å²) in [6.07, 6.45) is 0. The highest BCUT2D eigenvalue weighted by atomic mass is 19.1. The van der Waals surface area contributed by atoms with E-state index in [1.165, 1.54) is 6.07 Å². The topological polar surface area (TPSA) is 49.3 Å². The fourth-order valence-electron chi connectivity index (χ4n) is 1.85. The predicted octanol–water partition coefficient (Wildman–Crippen LogP) is 3.09. The van der Waals surface area contributed by atoms with Gasteiger partial charge in [0.1, 0.15) is 17.5 Å². The summed E-state index contributed by atoms with van der Waals surface area (Å²) in [5, 5.41) is 11.6. The number of nitrogens with one attached hydrogen (secondary N) is 1. The molecule has 0 aliphatic heterocycles. The Labute approximate surface area is 119 Å². The maximum absolute atomic E-state index is 13.5. The Morgan fingerprint density at radius 3 is 2.14 bits per heavy atom. The molecule has 110 valence electrons. The molecule has 6 heteroatoms. The van der Waals surface area contributed by atoms with Crippen molar-refractivity contribution < 1.29 is 23.1 Å². The maximum atomic E-state index is 13.5. The molecule has 0 saturated heterocycles. The van der Waals surface area contributed by atoms with E-state index >= 15 is 0 Å². The van der Waals surface area contributed by atoms with Gasteiger partial charge in [0.15, 0.2) is 0 Å². The average molecular weight is 295 g/mol. The zero-order valence-electron chi connectivity index (χ0n) is 10.9. The number of carbonyl (C=O) groups is 1. The van der Waals surface area contributed by atoms with Gasteiger partial charge in [-0.3, -0.25) is 0 Å². The lowest BCUT2D eigenvalue weighted by Gasteiger charge is -2.08. The molecule has 0 saturated carbocycles. The number of carboxylic acid groups (broad SMARTS) is 1. The predicted molar refractivity (Wildman–Crippen MR) is 70.3 cm³/mol. The van der Waals surface area contributed by atoms with Crippen molar-refractivity contribution in [2.24, 2.45) is 0 Å². The molecule has 0 aliphatic carbocycles. The third-order valence-corrected chi connectivity index (χ3v) is 2.93. The Morgan fingerprint density at radius 2 is 1.52 bits per heavy atom. The van der Waals surface area contributed by atoms with Gasteiger partial charge in [-0.15, -0.1) is 0 Å². The molecule has 0 radical (unpaired) electrons. The zero-order valence-corrected chi connectivity index (χ0v) is 10.9. The number of benzene rings is 2. The highest BCUT2D eigenvalue weighted by Crippen LogP contribution is 2.12. The number of halogens is 3. The Hall–Kier alpha value is -2.34. The molecule has 0 fully saturated rings. The van der Waals surface area contributed by atoms with Gasteiger partial charge >= 0.3 is 5.97 Å². The van der Waals surface area contributed by atoms with E-state index in [1.54, 1.807) is 0 Å². The molecule has 0 bridgehead atoms. The highest BCUT2D eigenvalue weighted by Gasteiger charge is 2.09. The van der Waals surface area contributed by atoms with Crippen LogP contribution < -0.4 is 5.32 Å². The monoisotopic (exact) mass is 295 g/mol. The van der Waals surface area contributed by atoms with Crippen molar-refractivity contribution in [3.05, 3.63) is 70.5 Å². The lowest BCUT2D eigenvalue weighted by Crippen LogP contribution is -2.15. The summed E-state index contributed by atoms with van der Waals surface area (Å²) in [6, 6.07) is 6.49. The van der Waals surface area contributed by atoms with E-state index in [2.05, 4.69) is 5.32 Å². The summed E-state index contributed by atoms with van der Waals surface area (Å²) in [4.78, 5) is 10.8. The van der Waals surface area contributed by atoms with Crippen LogP contribution in [-0.4, -0.2) is 11.1 Å². The minimum absolute atomic E-state index is 0.000330. The molecule has 0 aliphatic rings. The normalized spacial score (nSPS) is 10.6. The van der Waals surface area contributed by atoms with Gasteiger partial charge in [0.25, 0.3) is 0 Å². The molecular formula is C15H12F3NO2. The first kappa shape index (κ1) is 15.1. The quantitative estimate of drug-likeness (QED) is 0.891. The van der Waals surface area contributed by atoms with E-state index in [1.807, 2.05) is 0 Å². The lowest BCUT2D eigenvalue weighted by atomic mass is 10.1. The molecule has 2 N–H and O–H groups in total. The van der Waals surface area contributed by atoms with E-state index in [0.29, 0.717) is 0 Å². The van der Waals surface area contributed by atoms with Crippen molar-refractivity contribution in [3.63, 3.8) is 0 Å². The molecule has 0 amide bonds. The third kappa shape index (κ3) is 3.82. The van der Waals surface area contributed by atoms with Gasteiger partial charge < -0.3 is 10.4 Å². The standard InChI is InChI=1S/C15H12F3NO2/c16-12-2-4-14(18)11(6-12)8-19-7-10-5-9(15(20)21)1-3-13(10)17/h1-6,19H,7-8H2,(H,20,21). The molecule has 2 rings (SSSR count). The van der Waals surface area contributed by atoms with Crippen molar-refractivity contribution in [2.75, 3.05) is 0 Å². The summed E-state index contributed by atoms with van der Waals surface area (Å²) in [7, 11) is 0. The fraction of sp³-hybridized carbons (Fsp3) is 0.133.